The Hall–Kier alpha value is -0.390. The Morgan fingerprint density at radius 1 is 1.45 bits per heavy atom. The van der Waals surface area contributed by atoms with Gasteiger partial charge in [-0.3, -0.25) is 0 Å². The molecule has 0 bridgehead atoms. The topological polar surface area (TPSA) is 96.6 Å². The molecule has 0 aliphatic rings. The normalized spacial score (nSPS) is 11.8. The van der Waals surface area contributed by atoms with Crippen LogP contribution in [0.5, 0.6) is 0 Å². The number of primary sulfonamides is 1. The molecular weight excluding hydrogens is 411 g/mol. The first-order chi connectivity index (χ1) is 8.92. The highest BCUT2D eigenvalue weighted by atomic mass is 127. The van der Waals surface area contributed by atoms with Crippen molar-refractivity contribution in [3.63, 3.8) is 0 Å². The van der Waals surface area contributed by atoms with E-state index < -0.39 is 10.0 Å². The van der Waals surface area contributed by atoms with Gasteiger partial charge in [-0.1, -0.05) is 0 Å². The first-order valence-electron chi connectivity index (χ1n) is 5.98. The zero-order chi connectivity index (χ0) is 14.3. The van der Waals surface area contributed by atoms with Crippen LogP contribution in [0.4, 0.5) is 0 Å². The van der Waals surface area contributed by atoms with Crippen molar-refractivity contribution in [2.45, 2.75) is 20.4 Å². The van der Waals surface area contributed by atoms with Crippen LogP contribution in [0.25, 0.3) is 0 Å². The minimum absolute atomic E-state index is 0. The number of hydrogen-bond acceptors (Lipinski definition) is 4. The molecule has 0 spiro atoms. The summed E-state index contributed by atoms with van der Waals surface area (Å²) in [6, 6.07) is 2.05. The number of thiophene rings is 1. The minimum Gasteiger partial charge on any atom is -0.357 e. The van der Waals surface area contributed by atoms with Crippen LogP contribution in [-0.4, -0.2) is 33.2 Å². The number of guanidine groups is 1. The lowest BCUT2D eigenvalue weighted by atomic mass is 10.3. The van der Waals surface area contributed by atoms with Gasteiger partial charge in [0.05, 0.1) is 12.3 Å². The smallest absolute Gasteiger partial charge is 0.210 e. The summed E-state index contributed by atoms with van der Waals surface area (Å²) in [6.07, 6.45) is 0. The number of nitrogens with one attached hydrogen (secondary N) is 2. The molecule has 20 heavy (non-hydrogen) atoms. The number of rotatable bonds is 6. The molecular formula is C11H21IN4O2S2. The lowest BCUT2D eigenvalue weighted by Crippen LogP contribution is -2.40. The second-order valence-electron chi connectivity index (χ2n) is 4.02. The third-order valence-electron chi connectivity index (χ3n) is 2.37. The van der Waals surface area contributed by atoms with Gasteiger partial charge in [0.1, 0.15) is 0 Å². The molecule has 1 aromatic rings. The molecule has 1 aromatic heterocycles. The number of halogens is 1. The van der Waals surface area contributed by atoms with Gasteiger partial charge in [-0.2, -0.15) is 0 Å². The van der Waals surface area contributed by atoms with E-state index in [2.05, 4.69) is 21.7 Å². The highest BCUT2D eigenvalue weighted by molar-refractivity contribution is 14.0. The van der Waals surface area contributed by atoms with E-state index in [4.69, 9.17) is 5.14 Å². The summed E-state index contributed by atoms with van der Waals surface area (Å²) in [4.78, 5) is 5.60. The Kier molecular flexibility index (Phi) is 9.34. The first kappa shape index (κ1) is 19.6. The van der Waals surface area contributed by atoms with Gasteiger partial charge in [0.25, 0.3) is 0 Å². The van der Waals surface area contributed by atoms with Gasteiger partial charge in [0.15, 0.2) is 5.96 Å². The van der Waals surface area contributed by atoms with E-state index in [0.717, 1.165) is 0 Å². The Morgan fingerprint density at radius 2 is 2.15 bits per heavy atom. The number of nitrogens with zero attached hydrogens (tertiary/aromatic N) is 1. The zero-order valence-corrected chi connectivity index (χ0v) is 15.5. The van der Waals surface area contributed by atoms with Crippen LogP contribution in [0.1, 0.15) is 17.4 Å². The van der Waals surface area contributed by atoms with Gasteiger partial charge in [-0.05, 0) is 30.9 Å². The van der Waals surface area contributed by atoms with Crippen molar-refractivity contribution in [1.82, 2.24) is 10.6 Å². The molecule has 4 N–H and O–H groups in total. The van der Waals surface area contributed by atoms with Crippen LogP contribution < -0.4 is 15.8 Å². The summed E-state index contributed by atoms with van der Waals surface area (Å²) < 4.78 is 21.7. The van der Waals surface area contributed by atoms with Crippen LogP contribution in [0.2, 0.25) is 0 Å². The van der Waals surface area contributed by atoms with Crippen molar-refractivity contribution in [2.75, 3.05) is 18.8 Å². The fourth-order valence-corrected chi connectivity index (χ4v) is 2.59. The van der Waals surface area contributed by atoms with E-state index in [1.807, 2.05) is 19.2 Å². The Labute approximate surface area is 141 Å². The second-order valence-corrected chi connectivity index (χ2v) is 6.75. The lowest BCUT2D eigenvalue weighted by Gasteiger charge is -2.10. The van der Waals surface area contributed by atoms with Crippen molar-refractivity contribution in [3.8, 4) is 0 Å². The van der Waals surface area contributed by atoms with Gasteiger partial charge < -0.3 is 10.6 Å². The fourth-order valence-electron chi connectivity index (χ4n) is 1.37. The second kappa shape index (κ2) is 9.53. The molecule has 0 saturated heterocycles. The maximum Gasteiger partial charge on any atom is 0.210 e. The van der Waals surface area contributed by atoms with E-state index in [1.165, 1.54) is 10.4 Å². The number of aryl methyl sites for hydroxylation is 1. The third kappa shape index (κ3) is 8.02. The molecule has 1 rings (SSSR count). The van der Waals surface area contributed by atoms with Gasteiger partial charge >= 0.3 is 0 Å². The van der Waals surface area contributed by atoms with Crippen LogP contribution in [-0.2, 0) is 16.6 Å². The molecule has 0 fully saturated rings. The van der Waals surface area contributed by atoms with Gasteiger partial charge in [0.2, 0.25) is 10.0 Å². The van der Waals surface area contributed by atoms with Crippen molar-refractivity contribution in [1.29, 1.82) is 0 Å². The van der Waals surface area contributed by atoms with Crippen molar-refractivity contribution < 1.29 is 8.42 Å². The molecule has 0 aliphatic heterocycles. The summed E-state index contributed by atoms with van der Waals surface area (Å²) in [6.45, 7) is 5.53. The van der Waals surface area contributed by atoms with Gasteiger partial charge in [0, 0.05) is 18.0 Å². The predicted octanol–water partition coefficient (Wildman–Crippen LogP) is 1.02. The lowest BCUT2D eigenvalue weighted by molar-refractivity contribution is 0.596. The number of aliphatic imine (C=N–C) groups is 1. The highest BCUT2D eigenvalue weighted by Crippen LogP contribution is 2.16. The average molecular weight is 432 g/mol. The van der Waals surface area contributed by atoms with E-state index >= 15 is 0 Å². The number of hydrogen-bond donors (Lipinski definition) is 3. The van der Waals surface area contributed by atoms with E-state index in [9.17, 15) is 8.42 Å². The van der Waals surface area contributed by atoms with E-state index in [0.29, 0.717) is 19.0 Å². The van der Waals surface area contributed by atoms with E-state index in [1.54, 1.807) is 11.3 Å². The molecule has 0 unspecified atom stereocenters. The number of nitrogens with two attached hydrogens (primary N) is 1. The molecule has 1 heterocycles. The SMILES string of the molecule is CCNC(=NCc1sccc1C)NCCS(N)(=O)=O.I. The van der Waals surface area contributed by atoms with Crippen molar-refractivity contribution in [3.05, 3.63) is 21.9 Å². The molecule has 0 aliphatic carbocycles. The van der Waals surface area contributed by atoms with Gasteiger partial charge in [-0.15, -0.1) is 35.3 Å². The molecule has 0 aromatic carbocycles. The Bertz CT molecular complexity index is 528. The predicted molar refractivity (Wildman–Crippen MR) is 95.3 cm³/mol. The molecule has 0 amide bonds. The monoisotopic (exact) mass is 432 g/mol. The Balaban J connectivity index is 0.00000361. The quantitative estimate of drug-likeness (QED) is 0.355. The van der Waals surface area contributed by atoms with Crippen LogP contribution in [0.15, 0.2) is 16.4 Å². The first-order valence-corrected chi connectivity index (χ1v) is 8.57. The molecule has 0 radical (unpaired) electrons. The fraction of sp³-hybridized carbons (Fsp3) is 0.545. The summed E-state index contributed by atoms with van der Waals surface area (Å²) in [5, 5.41) is 13.0. The van der Waals surface area contributed by atoms with Crippen LogP contribution in [0.3, 0.4) is 0 Å². The largest absolute Gasteiger partial charge is 0.357 e. The van der Waals surface area contributed by atoms with E-state index in [-0.39, 0.29) is 36.3 Å². The maximum atomic E-state index is 10.8. The number of sulfonamides is 1. The highest BCUT2D eigenvalue weighted by Gasteiger charge is 2.04. The zero-order valence-electron chi connectivity index (χ0n) is 11.5. The Morgan fingerprint density at radius 3 is 2.65 bits per heavy atom. The van der Waals surface area contributed by atoms with Crippen LogP contribution in [0, 0.1) is 6.92 Å². The molecule has 9 heteroatoms. The standard InChI is InChI=1S/C11H20N4O2S2.HI/c1-3-13-11(14-5-7-19(12,16)17)15-8-10-9(2)4-6-18-10;/h4,6H,3,5,7-8H2,1-2H3,(H2,12,16,17)(H2,13,14,15);1H. The van der Waals surface area contributed by atoms with Gasteiger partial charge in [-0.25, -0.2) is 18.5 Å². The minimum atomic E-state index is -3.44. The van der Waals surface area contributed by atoms with Crippen molar-refractivity contribution >= 4 is 51.3 Å². The molecule has 0 saturated carbocycles. The summed E-state index contributed by atoms with van der Waals surface area (Å²) >= 11 is 1.66. The average Bonchev–Trinajstić information content (AvgIpc) is 2.70. The maximum absolute atomic E-state index is 10.8. The van der Waals surface area contributed by atoms with Crippen molar-refractivity contribution in [2.24, 2.45) is 10.1 Å². The summed E-state index contributed by atoms with van der Waals surface area (Å²) in [5.74, 6) is 0.481. The molecule has 0 atom stereocenters. The summed E-state index contributed by atoms with van der Waals surface area (Å²) in [5.41, 5.74) is 1.22. The molecule has 6 nitrogen and oxygen atoms in total. The molecule has 116 valence electrons. The summed E-state index contributed by atoms with van der Waals surface area (Å²) in [7, 11) is -3.44. The third-order valence-corrected chi connectivity index (χ3v) is 4.15. The van der Waals surface area contributed by atoms with Crippen LogP contribution >= 0.6 is 35.3 Å².